The molecule has 1 aromatic heterocycles. The van der Waals surface area contributed by atoms with Gasteiger partial charge in [0.15, 0.2) is 5.75 Å². The van der Waals surface area contributed by atoms with E-state index in [2.05, 4.69) is 4.98 Å². The molecule has 0 aliphatic rings. The van der Waals surface area contributed by atoms with E-state index in [1.807, 2.05) is 0 Å². The summed E-state index contributed by atoms with van der Waals surface area (Å²) in [5, 5.41) is 30.8. The highest BCUT2D eigenvalue weighted by Crippen LogP contribution is 2.37. The molecule has 0 radical (unpaired) electrons. The Labute approximate surface area is 191 Å². The van der Waals surface area contributed by atoms with Gasteiger partial charge >= 0.3 is 11.7 Å². The Balaban J connectivity index is 1.90. The third-order valence-electron chi connectivity index (χ3n) is 5.09. The maximum Gasteiger partial charge on any atom is 0.335 e. The van der Waals surface area contributed by atoms with Gasteiger partial charge in [-0.3, -0.25) is 19.5 Å². The highest BCUT2D eigenvalue weighted by Gasteiger charge is 2.19. The molecule has 0 unspecified atom stereocenters. The zero-order chi connectivity index (χ0) is 24.4. The second-order valence-electron chi connectivity index (χ2n) is 7.16. The van der Waals surface area contributed by atoms with Crippen molar-refractivity contribution in [3.63, 3.8) is 0 Å². The number of nitro benzene ring substituents is 1. The number of fused-ring (bicyclic) bond motifs is 1. The number of carboxylic acids is 1. The molecular formula is C24H17N3O7. The summed E-state index contributed by atoms with van der Waals surface area (Å²) in [5.74, 6) is -1.56. The molecule has 4 aromatic rings. The lowest BCUT2D eigenvalue weighted by atomic mass is 10.1. The molecule has 0 saturated heterocycles. The van der Waals surface area contributed by atoms with Gasteiger partial charge in [0.25, 0.3) is 5.56 Å². The highest BCUT2D eigenvalue weighted by atomic mass is 16.6. The standard InChI is InChI=1S/C24H17N3O7/c1-34-20-13-14(12-19(22(20)28)27(32)33)6-11-21-25-18-5-3-2-4-17(18)23(29)26(21)16-9-7-15(8-10-16)24(30)31/h2-13,28H,1H3,(H,30,31)/b11-6+. The third-order valence-corrected chi connectivity index (χ3v) is 5.09. The lowest BCUT2D eigenvalue weighted by molar-refractivity contribution is -0.386. The minimum absolute atomic E-state index is 0.0612. The number of phenolic OH excluding ortho intramolecular Hbond substituents is 1. The maximum absolute atomic E-state index is 13.3. The molecule has 3 aromatic carbocycles. The molecule has 2 N–H and O–H groups in total. The number of rotatable bonds is 6. The predicted octanol–water partition coefficient (Wildman–Crippen LogP) is 3.88. The van der Waals surface area contributed by atoms with Crippen LogP contribution < -0.4 is 10.3 Å². The minimum atomic E-state index is -1.10. The summed E-state index contributed by atoms with van der Waals surface area (Å²) < 4.78 is 6.34. The first-order chi connectivity index (χ1) is 16.3. The number of aromatic nitrogens is 2. The smallest absolute Gasteiger partial charge is 0.335 e. The van der Waals surface area contributed by atoms with Crippen LogP contribution in [-0.4, -0.2) is 37.8 Å². The Morgan fingerprint density at radius 2 is 1.82 bits per heavy atom. The molecular weight excluding hydrogens is 442 g/mol. The largest absolute Gasteiger partial charge is 0.500 e. The van der Waals surface area contributed by atoms with Crippen molar-refractivity contribution < 1.29 is 24.7 Å². The fourth-order valence-corrected chi connectivity index (χ4v) is 3.44. The van der Waals surface area contributed by atoms with Crippen LogP contribution in [0.15, 0.2) is 65.5 Å². The number of nitrogens with zero attached hydrogens (tertiary/aromatic N) is 3. The van der Waals surface area contributed by atoms with Crippen LogP contribution in [0, 0.1) is 10.1 Å². The summed E-state index contributed by atoms with van der Waals surface area (Å²) in [6, 6.07) is 15.1. The van der Waals surface area contributed by atoms with E-state index < -0.39 is 22.3 Å². The van der Waals surface area contributed by atoms with Gasteiger partial charge in [-0.1, -0.05) is 18.2 Å². The molecule has 10 nitrogen and oxygen atoms in total. The van der Waals surface area contributed by atoms with E-state index in [9.17, 15) is 24.8 Å². The Kier molecular flexibility index (Phi) is 5.79. The van der Waals surface area contributed by atoms with E-state index in [0.29, 0.717) is 22.2 Å². The maximum atomic E-state index is 13.3. The second kappa shape index (κ2) is 8.87. The summed E-state index contributed by atoms with van der Waals surface area (Å²) in [6.45, 7) is 0. The van der Waals surface area contributed by atoms with Crippen LogP contribution >= 0.6 is 0 Å². The van der Waals surface area contributed by atoms with Gasteiger partial charge in [-0.05, 0) is 54.1 Å². The molecule has 10 heteroatoms. The number of carboxylic acid groups (broad SMARTS) is 1. The second-order valence-corrected chi connectivity index (χ2v) is 7.16. The van der Waals surface area contributed by atoms with E-state index in [1.165, 1.54) is 60.2 Å². The van der Waals surface area contributed by atoms with Crippen molar-refractivity contribution in [2.75, 3.05) is 7.11 Å². The van der Waals surface area contributed by atoms with Crippen LogP contribution in [0.3, 0.4) is 0 Å². The molecule has 0 spiro atoms. The lowest BCUT2D eigenvalue weighted by Crippen LogP contribution is -2.22. The van der Waals surface area contributed by atoms with Gasteiger partial charge in [0.2, 0.25) is 5.75 Å². The summed E-state index contributed by atoms with van der Waals surface area (Å²) in [4.78, 5) is 39.6. The average molecular weight is 459 g/mol. The summed E-state index contributed by atoms with van der Waals surface area (Å²) in [7, 11) is 1.27. The Hall–Kier alpha value is -4.99. The van der Waals surface area contributed by atoms with Gasteiger partial charge in [-0.2, -0.15) is 0 Å². The highest BCUT2D eigenvalue weighted by molar-refractivity contribution is 5.88. The molecule has 0 fully saturated rings. The molecule has 0 aliphatic carbocycles. The van der Waals surface area contributed by atoms with Crippen LogP contribution in [-0.2, 0) is 0 Å². The first-order valence-electron chi connectivity index (χ1n) is 9.89. The van der Waals surface area contributed by atoms with Crippen molar-refractivity contribution in [2.45, 2.75) is 0 Å². The summed E-state index contributed by atoms with van der Waals surface area (Å²) in [6.07, 6.45) is 2.99. The zero-order valence-electron chi connectivity index (χ0n) is 17.7. The number of hydrogen-bond donors (Lipinski definition) is 2. The van der Waals surface area contributed by atoms with E-state index in [1.54, 1.807) is 24.3 Å². The number of hydrogen-bond acceptors (Lipinski definition) is 7. The fraction of sp³-hybridized carbons (Fsp3) is 0.0417. The lowest BCUT2D eigenvalue weighted by Gasteiger charge is -2.12. The topological polar surface area (TPSA) is 145 Å². The number of ether oxygens (including phenoxy) is 1. The van der Waals surface area contributed by atoms with Crippen molar-refractivity contribution in [1.29, 1.82) is 0 Å². The number of aromatic hydroxyl groups is 1. The molecule has 0 saturated carbocycles. The van der Waals surface area contributed by atoms with Crippen molar-refractivity contribution >= 4 is 34.7 Å². The Bertz CT molecular complexity index is 1520. The zero-order valence-corrected chi connectivity index (χ0v) is 17.7. The van der Waals surface area contributed by atoms with Gasteiger partial charge in [-0.25, -0.2) is 9.78 Å². The number of methoxy groups -OCH3 is 1. The van der Waals surface area contributed by atoms with E-state index >= 15 is 0 Å². The van der Waals surface area contributed by atoms with E-state index in [-0.39, 0.29) is 22.7 Å². The van der Waals surface area contributed by atoms with Crippen LogP contribution in [0.25, 0.3) is 28.7 Å². The SMILES string of the molecule is COc1cc(/C=C/c2nc3ccccc3c(=O)n2-c2ccc(C(=O)O)cc2)cc([N+](=O)[O-])c1O. The van der Waals surface area contributed by atoms with Crippen molar-refractivity contribution in [3.8, 4) is 17.2 Å². The van der Waals surface area contributed by atoms with Crippen molar-refractivity contribution in [2.24, 2.45) is 0 Å². The molecule has 4 rings (SSSR count). The van der Waals surface area contributed by atoms with Gasteiger partial charge in [0, 0.05) is 6.07 Å². The van der Waals surface area contributed by atoms with Crippen LogP contribution in [0.5, 0.6) is 11.5 Å². The van der Waals surface area contributed by atoms with E-state index in [0.717, 1.165) is 0 Å². The van der Waals surface area contributed by atoms with E-state index in [4.69, 9.17) is 9.84 Å². The summed E-state index contributed by atoms with van der Waals surface area (Å²) in [5.41, 5.74) is 0.319. The molecule has 0 amide bonds. The number of aromatic carboxylic acids is 1. The minimum Gasteiger partial charge on any atom is -0.500 e. The number of para-hydroxylation sites is 1. The molecule has 170 valence electrons. The average Bonchev–Trinajstić information content (AvgIpc) is 2.83. The molecule has 0 atom stereocenters. The number of nitro groups is 1. The Morgan fingerprint density at radius 3 is 2.47 bits per heavy atom. The molecule has 0 aliphatic heterocycles. The first kappa shape index (κ1) is 22.2. The van der Waals surface area contributed by atoms with Crippen LogP contribution in [0.4, 0.5) is 5.69 Å². The molecule has 0 bridgehead atoms. The van der Waals surface area contributed by atoms with Gasteiger partial charge in [-0.15, -0.1) is 0 Å². The third kappa shape index (κ3) is 4.07. The predicted molar refractivity (Wildman–Crippen MR) is 125 cm³/mol. The molecule has 1 heterocycles. The number of benzene rings is 3. The van der Waals surface area contributed by atoms with Crippen LogP contribution in [0.2, 0.25) is 0 Å². The quantitative estimate of drug-likeness (QED) is 0.326. The monoisotopic (exact) mass is 459 g/mol. The molecule has 34 heavy (non-hydrogen) atoms. The Morgan fingerprint density at radius 1 is 1.12 bits per heavy atom. The van der Waals surface area contributed by atoms with Crippen molar-refractivity contribution in [3.05, 3.63) is 98.1 Å². The first-order valence-corrected chi connectivity index (χ1v) is 9.89. The van der Waals surface area contributed by atoms with Gasteiger partial charge in [0.1, 0.15) is 5.82 Å². The fourth-order valence-electron chi connectivity index (χ4n) is 3.44. The van der Waals surface area contributed by atoms with Crippen molar-refractivity contribution in [1.82, 2.24) is 9.55 Å². The van der Waals surface area contributed by atoms with Crippen LogP contribution in [0.1, 0.15) is 21.7 Å². The normalized spacial score (nSPS) is 11.1. The number of carbonyl (C=O) groups is 1. The number of phenols is 1. The van der Waals surface area contributed by atoms with Gasteiger partial charge in [0.05, 0.1) is 34.2 Å². The van der Waals surface area contributed by atoms with Gasteiger partial charge < -0.3 is 14.9 Å². The summed E-state index contributed by atoms with van der Waals surface area (Å²) >= 11 is 0.